The van der Waals surface area contributed by atoms with Gasteiger partial charge in [0.15, 0.2) is 0 Å². The van der Waals surface area contributed by atoms with Crippen LogP contribution in [-0.2, 0) is 28.6 Å². The maximum Gasteiger partial charge on any atom is 0.337 e. The topological polar surface area (TPSA) is 119 Å². The second-order valence-corrected chi connectivity index (χ2v) is 7.35. The summed E-state index contributed by atoms with van der Waals surface area (Å²) in [7, 11) is 0. The zero-order valence-corrected chi connectivity index (χ0v) is 17.4. The van der Waals surface area contributed by atoms with E-state index in [9.17, 15) is 24.6 Å². The molecular formula is C22H28O8. The number of carbonyl (C=O) groups is 3. The first-order chi connectivity index (χ1) is 14.2. The van der Waals surface area contributed by atoms with Crippen LogP contribution in [0.5, 0.6) is 0 Å². The lowest BCUT2D eigenvalue weighted by Gasteiger charge is -2.28. The fraction of sp³-hybridized carbons (Fsp3) is 0.500. The molecule has 8 nitrogen and oxygen atoms in total. The molecule has 0 amide bonds. The number of ether oxygens (including phenoxy) is 3. The molecule has 1 saturated heterocycles. The fourth-order valence-corrected chi connectivity index (χ4v) is 3.38. The summed E-state index contributed by atoms with van der Waals surface area (Å²) in [6.45, 7) is 7.82. The lowest BCUT2D eigenvalue weighted by molar-refractivity contribution is -0.149. The van der Waals surface area contributed by atoms with Gasteiger partial charge >= 0.3 is 17.9 Å². The maximum absolute atomic E-state index is 12.7. The Balaban J connectivity index is 2.37. The number of allylic oxidation sites excluding steroid dienone is 1. The van der Waals surface area contributed by atoms with E-state index in [1.165, 1.54) is 13.0 Å². The van der Waals surface area contributed by atoms with Crippen LogP contribution in [0.15, 0.2) is 47.1 Å². The van der Waals surface area contributed by atoms with Crippen molar-refractivity contribution in [3.8, 4) is 0 Å². The Morgan fingerprint density at radius 2 is 2.10 bits per heavy atom. The van der Waals surface area contributed by atoms with Crippen LogP contribution in [0, 0.1) is 5.92 Å². The van der Waals surface area contributed by atoms with Crippen molar-refractivity contribution in [2.24, 2.45) is 5.92 Å². The van der Waals surface area contributed by atoms with Crippen LogP contribution >= 0.6 is 0 Å². The molecule has 164 valence electrons. The monoisotopic (exact) mass is 420 g/mol. The van der Waals surface area contributed by atoms with Crippen molar-refractivity contribution in [2.45, 2.75) is 51.9 Å². The van der Waals surface area contributed by atoms with E-state index < -0.39 is 42.1 Å². The SMILES string of the molecule is C=C1C(=O)O[C@H]2/C=C(/C)[C@H](O)C/C=C(/CO)C[C@@H](OC(=O)/C(=C/C)COC(C)=O)[C@@H]12. The largest absolute Gasteiger partial charge is 0.461 e. The van der Waals surface area contributed by atoms with Crippen molar-refractivity contribution in [3.63, 3.8) is 0 Å². The van der Waals surface area contributed by atoms with E-state index in [0.717, 1.165) is 0 Å². The van der Waals surface area contributed by atoms with Crippen molar-refractivity contribution in [3.05, 3.63) is 47.1 Å². The number of aliphatic hydroxyl groups is 2. The lowest BCUT2D eigenvalue weighted by atomic mass is 9.85. The number of aliphatic hydroxyl groups excluding tert-OH is 2. The lowest BCUT2D eigenvalue weighted by Crippen LogP contribution is -2.35. The average molecular weight is 420 g/mol. The van der Waals surface area contributed by atoms with E-state index in [1.807, 2.05) is 0 Å². The third-order valence-corrected chi connectivity index (χ3v) is 5.21. The second kappa shape index (κ2) is 10.4. The molecule has 0 spiro atoms. The Morgan fingerprint density at radius 3 is 2.70 bits per heavy atom. The third-order valence-electron chi connectivity index (χ3n) is 5.21. The van der Waals surface area contributed by atoms with Gasteiger partial charge in [0.1, 0.15) is 18.8 Å². The van der Waals surface area contributed by atoms with Gasteiger partial charge in [-0.1, -0.05) is 18.7 Å². The summed E-state index contributed by atoms with van der Waals surface area (Å²) in [6, 6.07) is 0. The number of hydrogen-bond acceptors (Lipinski definition) is 8. The highest BCUT2D eigenvalue weighted by molar-refractivity contribution is 5.92. The molecule has 2 aliphatic rings. The number of hydrogen-bond donors (Lipinski definition) is 2. The number of carbonyl (C=O) groups excluding carboxylic acids is 3. The smallest absolute Gasteiger partial charge is 0.337 e. The van der Waals surface area contributed by atoms with E-state index in [1.54, 1.807) is 26.0 Å². The van der Waals surface area contributed by atoms with Gasteiger partial charge in [-0.3, -0.25) is 4.79 Å². The van der Waals surface area contributed by atoms with E-state index in [-0.39, 0.29) is 37.2 Å². The Kier molecular flexibility index (Phi) is 8.14. The quantitative estimate of drug-likeness (QED) is 0.297. The summed E-state index contributed by atoms with van der Waals surface area (Å²) < 4.78 is 16.0. The van der Waals surface area contributed by atoms with Crippen molar-refractivity contribution >= 4 is 17.9 Å². The Bertz CT molecular complexity index is 804. The molecule has 0 aromatic rings. The van der Waals surface area contributed by atoms with E-state index in [0.29, 0.717) is 11.1 Å². The summed E-state index contributed by atoms with van der Waals surface area (Å²) in [5.41, 5.74) is 1.44. The van der Waals surface area contributed by atoms with Crippen LogP contribution in [0.4, 0.5) is 0 Å². The van der Waals surface area contributed by atoms with E-state index >= 15 is 0 Å². The van der Waals surface area contributed by atoms with Gasteiger partial charge in [-0.15, -0.1) is 0 Å². The molecular weight excluding hydrogens is 392 g/mol. The zero-order valence-electron chi connectivity index (χ0n) is 17.4. The Morgan fingerprint density at radius 1 is 1.40 bits per heavy atom. The molecule has 1 aliphatic carbocycles. The molecule has 0 aromatic carbocycles. The molecule has 30 heavy (non-hydrogen) atoms. The molecule has 8 heteroatoms. The number of rotatable bonds is 5. The van der Waals surface area contributed by atoms with Crippen LogP contribution in [-0.4, -0.2) is 59.6 Å². The summed E-state index contributed by atoms with van der Waals surface area (Å²) in [5.74, 6) is -2.54. The third kappa shape index (κ3) is 5.67. The molecule has 0 aromatic heterocycles. The number of fused-ring (bicyclic) bond motifs is 1. The van der Waals surface area contributed by atoms with Crippen molar-refractivity contribution in [1.82, 2.24) is 0 Å². The van der Waals surface area contributed by atoms with Gasteiger partial charge < -0.3 is 24.4 Å². The molecule has 2 rings (SSSR count). The summed E-state index contributed by atoms with van der Waals surface area (Å²) >= 11 is 0. The van der Waals surface area contributed by atoms with Crippen molar-refractivity contribution < 1.29 is 38.8 Å². The molecule has 4 atom stereocenters. The summed E-state index contributed by atoms with van der Waals surface area (Å²) in [5, 5.41) is 20.0. The molecule has 0 unspecified atom stereocenters. The summed E-state index contributed by atoms with van der Waals surface area (Å²) in [6.07, 6.45) is 2.79. The van der Waals surface area contributed by atoms with Gasteiger partial charge in [-0.05, 0) is 37.5 Å². The van der Waals surface area contributed by atoms with Gasteiger partial charge in [-0.25, -0.2) is 9.59 Å². The fourth-order valence-electron chi connectivity index (χ4n) is 3.38. The molecule has 0 saturated carbocycles. The van der Waals surface area contributed by atoms with Gasteiger partial charge in [-0.2, -0.15) is 0 Å². The highest BCUT2D eigenvalue weighted by Crippen LogP contribution is 2.36. The standard InChI is InChI=1S/C22H28O8/c1-5-16(11-28-14(4)24)22(27)30-19-9-15(10-23)6-7-17(25)12(2)8-18-20(19)13(3)21(26)29-18/h5-6,8,17-20,23,25H,3,7,9-11H2,1-2,4H3/b12-8-,15-6+,16-5+/t17-,18+,19-,20+/m1/s1. The van der Waals surface area contributed by atoms with Gasteiger partial charge in [0.2, 0.25) is 0 Å². The second-order valence-electron chi connectivity index (χ2n) is 7.35. The Hall–Kier alpha value is -2.71. The minimum absolute atomic E-state index is 0.128. The summed E-state index contributed by atoms with van der Waals surface area (Å²) in [4.78, 5) is 36.0. The first kappa shape index (κ1) is 23.6. The predicted octanol–water partition coefficient (Wildman–Crippen LogP) is 1.53. The van der Waals surface area contributed by atoms with E-state index in [2.05, 4.69) is 6.58 Å². The highest BCUT2D eigenvalue weighted by atomic mass is 16.6. The molecule has 2 N–H and O–H groups in total. The van der Waals surface area contributed by atoms with Crippen LogP contribution in [0.1, 0.15) is 33.6 Å². The van der Waals surface area contributed by atoms with Crippen LogP contribution in [0.3, 0.4) is 0 Å². The zero-order chi connectivity index (χ0) is 22.4. The molecule has 0 radical (unpaired) electrons. The highest BCUT2D eigenvalue weighted by Gasteiger charge is 2.45. The van der Waals surface area contributed by atoms with Crippen molar-refractivity contribution in [2.75, 3.05) is 13.2 Å². The van der Waals surface area contributed by atoms with Crippen LogP contribution in [0.2, 0.25) is 0 Å². The minimum atomic E-state index is -0.855. The van der Waals surface area contributed by atoms with Crippen molar-refractivity contribution in [1.29, 1.82) is 0 Å². The van der Waals surface area contributed by atoms with E-state index in [4.69, 9.17) is 14.2 Å². The first-order valence-electron chi connectivity index (χ1n) is 9.72. The Labute approximate surface area is 175 Å². The maximum atomic E-state index is 12.7. The van der Waals surface area contributed by atoms with Gasteiger partial charge in [0.05, 0.1) is 24.2 Å². The number of esters is 3. The average Bonchev–Trinajstić information content (AvgIpc) is 2.96. The molecule has 0 bridgehead atoms. The molecule has 1 fully saturated rings. The minimum Gasteiger partial charge on any atom is -0.461 e. The van der Waals surface area contributed by atoms with Gasteiger partial charge in [0.25, 0.3) is 0 Å². The molecule has 1 aliphatic heterocycles. The van der Waals surface area contributed by atoms with Crippen LogP contribution < -0.4 is 0 Å². The normalized spacial score (nSPS) is 30.9. The molecule has 1 heterocycles. The predicted molar refractivity (Wildman–Crippen MR) is 107 cm³/mol. The van der Waals surface area contributed by atoms with Crippen LogP contribution in [0.25, 0.3) is 0 Å². The first-order valence-corrected chi connectivity index (χ1v) is 9.72. The van der Waals surface area contributed by atoms with Gasteiger partial charge in [0, 0.05) is 18.9 Å².